The quantitative estimate of drug-likeness (QED) is 0.201. The van der Waals surface area contributed by atoms with Gasteiger partial charge in [-0.25, -0.2) is 13.8 Å². The molecular weight excluding hydrogens is 526 g/mol. The van der Waals surface area contributed by atoms with Gasteiger partial charge >= 0.3 is 0 Å². The summed E-state index contributed by atoms with van der Waals surface area (Å²) in [5.41, 5.74) is 6.16. The molecule has 0 aromatic heterocycles. The lowest BCUT2D eigenvalue weighted by molar-refractivity contribution is -0.119. The maximum atomic E-state index is 13.6. The molecule has 9 heteroatoms. The number of hydrazone groups is 1. The molecular formula is C31H31N3O5S. The number of sulfonamides is 1. The predicted octanol–water partition coefficient (Wildman–Crippen LogP) is 5.24. The highest BCUT2D eigenvalue weighted by molar-refractivity contribution is 7.92. The second-order valence-electron chi connectivity index (χ2n) is 9.09. The van der Waals surface area contributed by atoms with Crippen molar-refractivity contribution in [1.82, 2.24) is 5.43 Å². The van der Waals surface area contributed by atoms with Crippen molar-refractivity contribution in [2.24, 2.45) is 5.10 Å². The van der Waals surface area contributed by atoms with Crippen LogP contribution in [-0.2, 0) is 21.4 Å². The van der Waals surface area contributed by atoms with Crippen LogP contribution in [0.5, 0.6) is 11.5 Å². The molecule has 0 bridgehead atoms. The summed E-state index contributed by atoms with van der Waals surface area (Å²) in [4.78, 5) is 13.0. The summed E-state index contributed by atoms with van der Waals surface area (Å²) in [6.45, 7) is 3.61. The number of nitrogens with one attached hydrogen (secondary N) is 1. The first kappa shape index (κ1) is 28.4. The predicted molar refractivity (Wildman–Crippen MR) is 156 cm³/mol. The third-order valence-corrected chi connectivity index (χ3v) is 7.85. The maximum Gasteiger partial charge on any atom is 0.264 e. The van der Waals surface area contributed by atoms with Crippen molar-refractivity contribution in [3.8, 4) is 11.5 Å². The minimum Gasteiger partial charge on any atom is -0.493 e. The normalized spacial score (nSPS) is 11.3. The molecule has 0 fully saturated rings. The summed E-state index contributed by atoms with van der Waals surface area (Å²) in [5.74, 6) is 0.496. The zero-order valence-corrected chi connectivity index (χ0v) is 23.4. The first-order valence-corrected chi connectivity index (χ1v) is 14.0. The highest BCUT2D eigenvalue weighted by Crippen LogP contribution is 2.29. The van der Waals surface area contributed by atoms with Crippen molar-refractivity contribution in [3.63, 3.8) is 0 Å². The number of carbonyl (C=O) groups is 1. The summed E-state index contributed by atoms with van der Waals surface area (Å²) >= 11 is 0. The van der Waals surface area contributed by atoms with Crippen molar-refractivity contribution in [3.05, 3.63) is 119 Å². The Balaban J connectivity index is 1.48. The van der Waals surface area contributed by atoms with Crippen LogP contribution in [0.1, 0.15) is 22.3 Å². The molecule has 206 valence electrons. The highest BCUT2D eigenvalue weighted by Gasteiger charge is 2.28. The summed E-state index contributed by atoms with van der Waals surface area (Å²) in [7, 11) is -2.47. The molecule has 0 unspecified atom stereocenters. The maximum absolute atomic E-state index is 13.6. The SMILES string of the molecule is COc1cc(/C=N\NC(=O)CN(c2cc(C)ccc2C)S(=O)(=O)c2ccccc2)ccc1OCc1ccccc1. The number of aryl methyl sites for hydroxylation is 2. The fourth-order valence-corrected chi connectivity index (χ4v) is 5.47. The number of benzene rings is 4. The molecule has 4 aromatic rings. The van der Waals surface area contributed by atoms with Crippen molar-refractivity contribution in [1.29, 1.82) is 0 Å². The van der Waals surface area contributed by atoms with Crippen LogP contribution in [0.4, 0.5) is 5.69 Å². The van der Waals surface area contributed by atoms with Gasteiger partial charge in [0.1, 0.15) is 13.2 Å². The summed E-state index contributed by atoms with van der Waals surface area (Å²) in [6, 6.07) is 28.6. The third-order valence-electron chi connectivity index (χ3n) is 6.08. The largest absolute Gasteiger partial charge is 0.493 e. The van der Waals surface area contributed by atoms with Gasteiger partial charge in [-0.3, -0.25) is 9.10 Å². The van der Waals surface area contributed by atoms with Crippen LogP contribution in [0, 0.1) is 13.8 Å². The van der Waals surface area contributed by atoms with Gasteiger partial charge in [0, 0.05) is 0 Å². The number of rotatable bonds is 11. The molecule has 0 atom stereocenters. The Bertz CT molecular complexity index is 1590. The number of anilines is 1. The average molecular weight is 558 g/mol. The van der Waals surface area contributed by atoms with Crippen LogP contribution in [0.2, 0.25) is 0 Å². The van der Waals surface area contributed by atoms with Crippen LogP contribution in [-0.4, -0.2) is 34.2 Å². The van der Waals surface area contributed by atoms with Crippen LogP contribution in [0.25, 0.3) is 0 Å². The van der Waals surface area contributed by atoms with E-state index >= 15 is 0 Å². The highest BCUT2D eigenvalue weighted by atomic mass is 32.2. The second kappa shape index (κ2) is 12.9. The number of carbonyl (C=O) groups excluding carboxylic acids is 1. The van der Waals surface area contributed by atoms with Crippen LogP contribution in [0.3, 0.4) is 0 Å². The van der Waals surface area contributed by atoms with E-state index in [-0.39, 0.29) is 4.90 Å². The Kier molecular flexibility index (Phi) is 9.19. The first-order valence-electron chi connectivity index (χ1n) is 12.6. The van der Waals surface area contributed by atoms with Crippen LogP contribution >= 0.6 is 0 Å². The fraction of sp³-hybridized carbons (Fsp3) is 0.161. The van der Waals surface area contributed by atoms with Gasteiger partial charge in [-0.2, -0.15) is 5.10 Å². The molecule has 0 saturated heterocycles. The Hall–Kier alpha value is -4.63. The molecule has 0 aliphatic rings. The van der Waals surface area contributed by atoms with Gasteiger partial charge < -0.3 is 9.47 Å². The van der Waals surface area contributed by atoms with E-state index in [1.54, 1.807) is 56.5 Å². The number of hydrogen-bond acceptors (Lipinski definition) is 6. The smallest absolute Gasteiger partial charge is 0.264 e. The molecule has 0 radical (unpaired) electrons. The van der Waals surface area contributed by atoms with Crippen molar-refractivity contribution in [2.45, 2.75) is 25.3 Å². The van der Waals surface area contributed by atoms with E-state index in [1.165, 1.54) is 18.3 Å². The Morgan fingerprint density at radius 1 is 0.900 bits per heavy atom. The summed E-state index contributed by atoms with van der Waals surface area (Å²) in [5, 5.41) is 4.04. The molecule has 40 heavy (non-hydrogen) atoms. The Labute approximate surface area is 234 Å². The minimum absolute atomic E-state index is 0.0916. The molecule has 8 nitrogen and oxygen atoms in total. The number of methoxy groups -OCH3 is 1. The Morgan fingerprint density at radius 2 is 1.60 bits per heavy atom. The number of ether oxygens (including phenoxy) is 2. The number of nitrogens with zero attached hydrogens (tertiary/aromatic N) is 2. The van der Waals surface area contributed by atoms with Gasteiger partial charge in [-0.05, 0) is 72.5 Å². The van der Waals surface area contributed by atoms with Gasteiger partial charge in [0.25, 0.3) is 15.9 Å². The van der Waals surface area contributed by atoms with Crippen molar-refractivity contribution >= 4 is 27.8 Å². The van der Waals surface area contributed by atoms with E-state index in [2.05, 4.69) is 10.5 Å². The molecule has 0 heterocycles. The van der Waals surface area contributed by atoms with Gasteiger partial charge in [-0.1, -0.05) is 60.7 Å². The van der Waals surface area contributed by atoms with Crippen molar-refractivity contribution in [2.75, 3.05) is 18.0 Å². The zero-order valence-electron chi connectivity index (χ0n) is 22.6. The molecule has 4 rings (SSSR count). The first-order chi connectivity index (χ1) is 19.3. The lowest BCUT2D eigenvalue weighted by Gasteiger charge is -2.25. The van der Waals surface area contributed by atoms with Gasteiger partial charge in [0.15, 0.2) is 11.5 Å². The molecule has 0 aliphatic heterocycles. The number of hydrogen-bond donors (Lipinski definition) is 1. The topological polar surface area (TPSA) is 97.3 Å². The summed E-state index contributed by atoms with van der Waals surface area (Å²) in [6.07, 6.45) is 1.45. The monoisotopic (exact) mass is 557 g/mol. The van der Waals surface area contributed by atoms with Gasteiger partial charge in [0.05, 0.1) is 23.9 Å². The standard InChI is InChI=1S/C31H31N3O5S/c1-23-14-15-24(2)28(18-23)34(40(36,37)27-12-8-5-9-13-27)21-31(35)33-32-20-26-16-17-29(30(19-26)38-3)39-22-25-10-6-4-7-11-25/h4-20H,21-22H2,1-3H3,(H,33,35)/b32-20-. The van der Waals surface area contributed by atoms with Crippen LogP contribution < -0.4 is 19.2 Å². The molecule has 0 aliphatic carbocycles. The van der Waals surface area contributed by atoms with E-state index in [0.717, 1.165) is 21.0 Å². The lowest BCUT2D eigenvalue weighted by Crippen LogP contribution is -2.40. The van der Waals surface area contributed by atoms with Crippen molar-refractivity contribution < 1.29 is 22.7 Å². The van der Waals surface area contributed by atoms with E-state index in [1.807, 2.05) is 49.4 Å². The fourth-order valence-electron chi connectivity index (χ4n) is 3.97. The van der Waals surface area contributed by atoms with Gasteiger partial charge in [0.2, 0.25) is 0 Å². The Morgan fingerprint density at radius 3 is 2.30 bits per heavy atom. The molecule has 0 saturated carbocycles. The van der Waals surface area contributed by atoms with E-state index in [9.17, 15) is 13.2 Å². The van der Waals surface area contributed by atoms with E-state index < -0.39 is 22.5 Å². The third kappa shape index (κ3) is 7.06. The van der Waals surface area contributed by atoms with E-state index in [4.69, 9.17) is 9.47 Å². The van der Waals surface area contributed by atoms with Crippen LogP contribution in [0.15, 0.2) is 107 Å². The van der Waals surface area contributed by atoms with E-state index in [0.29, 0.717) is 29.4 Å². The lowest BCUT2D eigenvalue weighted by atomic mass is 10.1. The number of amides is 1. The molecule has 4 aromatic carbocycles. The molecule has 1 N–H and O–H groups in total. The second-order valence-corrected chi connectivity index (χ2v) is 11.0. The van der Waals surface area contributed by atoms with Gasteiger partial charge in [-0.15, -0.1) is 0 Å². The molecule has 0 spiro atoms. The zero-order chi connectivity index (χ0) is 28.5. The molecule has 1 amide bonds. The minimum atomic E-state index is -4.01. The average Bonchev–Trinajstić information content (AvgIpc) is 2.97. The summed E-state index contributed by atoms with van der Waals surface area (Å²) < 4.78 is 39.6.